The minimum Gasteiger partial charge on any atom is -0.285 e. The molecule has 3 nitrogen and oxygen atoms in total. The molecule has 0 radical (unpaired) electrons. The second kappa shape index (κ2) is 4.57. The third-order valence-electron chi connectivity index (χ3n) is 2.43. The van der Waals surface area contributed by atoms with Crippen molar-refractivity contribution >= 4 is 33.3 Å². The van der Waals surface area contributed by atoms with Crippen molar-refractivity contribution in [2.24, 2.45) is 5.41 Å². The SMILES string of the molecule is CC(C)(C)CC1(Cl)C=CC(Cl)=CC1S(=O)(=O)O. The molecule has 2 atom stereocenters. The van der Waals surface area contributed by atoms with Crippen LogP contribution in [0.3, 0.4) is 0 Å². The van der Waals surface area contributed by atoms with Crippen molar-refractivity contribution in [2.75, 3.05) is 0 Å². The molecule has 1 aliphatic rings. The predicted octanol–water partition coefficient (Wildman–Crippen LogP) is 3.35. The highest BCUT2D eigenvalue weighted by molar-refractivity contribution is 7.86. The molecule has 0 spiro atoms. The number of halogens is 2. The van der Waals surface area contributed by atoms with Crippen molar-refractivity contribution in [1.29, 1.82) is 0 Å². The molecule has 1 aliphatic carbocycles. The van der Waals surface area contributed by atoms with Crippen LogP contribution in [0.15, 0.2) is 23.3 Å². The summed E-state index contributed by atoms with van der Waals surface area (Å²) in [7, 11) is -4.28. The smallest absolute Gasteiger partial charge is 0.273 e. The first-order chi connectivity index (χ1) is 7.44. The summed E-state index contributed by atoms with van der Waals surface area (Å²) in [6.45, 7) is 5.85. The van der Waals surface area contributed by atoms with Crippen LogP contribution in [-0.2, 0) is 10.1 Å². The highest BCUT2D eigenvalue weighted by atomic mass is 35.5. The van der Waals surface area contributed by atoms with Crippen LogP contribution >= 0.6 is 23.2 Å². The zero-order valence-electron chi connectivity index (χ0n) is 9.94. The van der Waals surface area contributed by atoms with E-state index in [1.54, 1.807) is 12.2 Å². The largest absolute Gasteiger partial charge is 0.285 e. The van der Waals surface area contributed by atoms with Crippen molar-refractivity contribution in [3.8, 4) is 0 Å². The quantitative estimate of drug-likeness (QED) is 0.628. The summed E-state index contributed by atoms with van der Waals surface area (Å²) in [5, 5.41) is -0.953. The van der Waals surface area contributed by atoms with Crippen LogP contribution in [0.4, 0.5) is 0 Å². The van der Waals surface area contributed by atoms with Gasteiger partial charge in [-0.1, -0.05) is 38.4 Å². The summed E-state index contributed by atoms with van der Waals surface area (Å²) >= 11 is 12.1. The van der Waals surface area contributed by atoms with E-state index in [1.165, 1.54) is 6.08 Å². The first-order valence-electron chi connectivity index (χ1n) is 5.16. The Bertz CT molecular complexity index is 460. The van der Waals surface area contributed by atoms with Crippen LogP contribution in [0.1, 0.15) is 27.2 Å². The molecule has 0 heterocycles. The minimum atomic E-state index is -4.28. The van der Waals surface area contributed by atoms with Gasteiger partial charge in [0, 0.05) is 5.03 Å². The molecular formula is C11H16Cl2O3S. The molecule has 1 N–H and O–H groups in total. The standard InChI is InChI=1S/C11H16Cl2O3S/c1-10(2,3)7-11(13)5-4-8(12)6-9(11)17(14,15)16/h4-6,9H,7H2,1-3H3,(H,14,15,16). The van der Waals surface area contributed by atoms with E-state index in [4.69, 9.17) is 23.2 Å². The fourth-order valence-electron chi connectivity index (χ4n) is 1.96. The first-order valence-corrected chi connectivity index (χ1v) is 7.42. The summed E-state index contributed by atoms with van der Waals surface area (Å²) in [5.74, 6) is 0. The highest BCUT2D eigenvalue weighted by Crippen LogP contribution is 2.41. The Morgan fingerprint density at radius 3 is 2.41 bits per heavy atom. The van der Waals surface area contributed by atoms with Crippen molar-refractivity contribution in [3.63, 3.8) is 0 Å². The van der Waals surface area contributed by atoms with E-state index in [1.807, 2.05) is 20.8 Å². The van der Waals surface area contributed by atoms with Gasteiger partial charge < -0.3 is 0 Å². The Morgan fingerprint density at radius 2 is 2.00 bits per heavy atom. The number of rotatable bonds is 2. The van der Waals surface area contributed by atoms with E-state index in [-0.39, 0.29) is 10.4 Å². The lowest BCUT2D eigenvalue weighted by Crippen LogP contribution is -2.43. The molecule has 0 aliphatic heterocycles. The molecule has 1 rings (SSSR count). The summed E-state index contributed by atoms with van der Waals surface area (Å²) in [5.41, 5.74) is -0.174. The molecule has 0 saturated heterocycles. The lowest BCUT2D eigenvalue weighted by molar-refractivity contribution is 0.335. The Morgan fingerprint density at radius 1 is 1.47 bits per heavy atom. The van der Waals surface area contributed by atoms with Crippen molar-refractivity contribution in [1.82, 2.24) is 0 Å². The molecule has 0 aromatic rings. The molecule has 6 heteroatoms. The van der Waals surface area contributed by atoms with E-state index < -0.39 is 20.2 Å². The number of allylic oxidation sites excluding steroid dienone is 3. The predicted molar refractivity (Wildman–Crippen MR) is 71.1 cm³/mol. The molecule has 0 fully saturated rings. The molecule has 2 unspecified atom stereocenters. The van der Waals surface area contributed by atoms with E-state index in [2.05, 4.69) is 0 Å². The van der Waals surface area contributed by atoms with Crippen molar-refractivity contribution < 1.29 is 13.0 Å². The van der Waals surface area contributed by atoms with Crippen LogP contribution in [-0.4, -0.2) is 23.1 Å². The topological polar surface area (TPSA) is 54.4 Å². The molecule has 0 aromatic heterocycles. The van der Waals surface area contributed by atoms with Gasteiger partial charge in [0.15, 0.2) is 0 Å². The average Bonchev–Trinajstić information content (AvgIpc) is 2.04. The van der Waals surface area contributed by atoms with Gasteiger partial charge in [0.1, 0.15) is 5.25 Å². The summed E-state index contributed by atoms with van der Waals surface area (Å²) < 4.78 is 32.0. The maximum Gasteiger partial charge on any atom is 0.273 e. The Hall–Kier alpha value is -0.0300. The number of hydrogen-bond donors (Lipinski definition) is 1. The van der Waals surface area contributed by atoms with Gasteiger partial charge in [-0.15, -0.1) is 11.6 Å². The van der Waals surface area contributed by atoms with Gasteiger partial charge in [-0.2, -0.15) is 8.42 Å². The minimum absolute atomic E-state index is 0.174. The van der Waals surface area contributed by atoms with Gasteiger partial charge in [-0.25, -0.2) is 0 Å². The molecule has 17 heavy (non-hydrogen) atoms. The number of hydrogen-bond acceptors (Lipinski definition) is 2. The van der Waals surface area contributed by atoms with Gasteiger partial charge in [-0.3, -0.25) is 4.55 Å². The second-order valence-electron chi connectivity index (χ2n) is 5.48. The highest BCUT2D eigenvalue weighted by Gasteiger charge is 2.45. The van der Waals surface area contributed by atoms with Crippen molar-refractivity contribution in [2.45, 2.75) is 37.3 Å². The molecule has 98 valence electrons. The molecular weight excluding hydrogens is 283 g/mol. The van der Waals surface area contributed by atoms with E-state index in [0.29, 0.717) is 6.42 Å². The fourth-order valence-corrected chi connectivity index (χ4v) is 4.06. The summed E-state index contributed by atoms with van der Waals surface area (Å²) in [6.07, 6.45) is 4.78. The van der Waals surface area contributed by atoms with Crippen molar-refractivity contribution in [3.05, 3.63) is 23.3 Å². The molecule has 0 bridgehead atoms. The molecule has 0 saturated carbocycles. The maximum absolute atomic E-state index is 11.4. The molecule has 0 amide bonds. The first kappa shape index (κ1) is 15.0. The van der Waals surface area contributed by atoms with Gasteiger partial charge in [0.05, 0.1) is 4.87 Å². The lowest BCUT2D eigenvalue weighted by Gasteiger charge is -2.36. The maximum atomic E-state index is 11.4. The second-order valence-corrected chi connectivity index (χ2v) is 8.16. The molecule has 0 aromatic carbocycles. The van der Waals surface area contributed by atoms with Crippen LogP contribution in [0.2, 0.25) is 0 Å². The zero-order valence-corrected chi connectivity index (χ0v) is 12.3. The van der Waals surface area contributed by atoms with Gasteiger partial charge >= 0.3 is 0 Å². The monoisotopic (exact) mass is 298 g/mol. The Labute approximate surface area is 112 Å². The third kappa shape index (κ3) is 3.98. The van der Waals surface area contributed by atoms with Gasteiger partial charge in [-0.05, 0) is 24.0 Å². The zero-order chi connectivity index (χ0) is 13.5. The van der Waals surface area contributed by atoms with Crippen LogP contribution in [0.25, 0.3) is 0 Å². The fraction of sp³-hybridized carbons (Fsp3) is 0.636. The third-order valence-corrected chi connectivity index (χ3v) is 4.50. The van der Waals surface area contributed by atoms with Gasteiger partial charge in [0.2, 0.25) is 0 Å². The normalized spacial score (nSPS) is 30.2. The summed E-state index contributed by atoms with van der Waals surface area (Å²) in [6, 6.07) is 0. The van der Waals surface area contributed by atoms with E-state index >= 15 is 0 Å². The van der Waals surface area contributed by atoms with Crippen LogP contribution < -0.4 is 0 Å². The van der Waals surface area contributed by atoms with E-state index in [0.717, 1.165) is 0 Å². The average molecular weight is 299 g/mol. The van der Waals surface area contributed by atoms with Crippen LogP contribution in [0, 0.1) is 5.41 Å². The Kier molecular flexibility index (Phi) is 4.04. The lowest BCUT2D eigenvalue weighted by atomic mass is 9.81. The summed E-state index contributed by atoms with van der Waals surface area (Å²) in [4.78, 5) is -1.16. The van der Waals surface area contributed by atoms with Crippen LogP contribution in [0.5, 0.6) is 0 Å². The number of alkyl halides is 1. The van der Waals surface area contributed by atoms with E-state index in [9.17, 15) is 13.0 Å². The Balaban J connectivity index is 3.18. The van der Waals surface area contributed by atoms with Gasteiger partial charge in [0.25, 0.3) is 10.1 Å².